The molecule has 0 spiro atoms. The third-order valence-electron chi connectivity index (χ3n) is 5.95. The van der Waals surface area contributed by atoms with E-state index < -0.39 is 5.91 Å². The standard InChI is InChI=1S/C24H24N4O3S/c1-17-22(18-6-3-2-4-7-18)28-16-19(9-10-21(28)25-17)23(29)26-11-13-27(14-12-26)24(30,31)20-8-5-15-32-20/h2-10,15-16,30-31H,11-14H2,1H3. The lowest BCUT2D eigenvalue weighted by molar-refractivity contribution is -0.277. The number of hydrogen-bond donors (Lipinski definition) is 2. The van der Waals surface area contributed by atoms with Crippen LogP contribution in [0, 0.1) is 6.92 Å². The number of benzene rings is 1. The Balaban J connectivity index is 1.37. The molecule has 4 heterocycles. The summed E-state index contributed by atoms with van der Waals surface area (Å²) in [5, 5.41) is 23.0. The highest BCUT2D eigenvalue weighted by atomic mass is 32.1. The highest BCUT2D eigenvalue weighted by molar-refractivity contribution is 7.10. The van der Waals surface area contributed by atoms with Gasteiger partial charge < -0.3 is 15.1 Å². The van der Waals surface area contributed by atoms with Crippen LogP contribution in [0.1, 0.15) is 20.9 Å². The van der Waals surface area contributed by atoms with Crippen molar-refractivity contribution in [1.29, 1.82) is 0 Å². The van der Waals surface area contributed by atoms with Gasteiger partial charge in [-0.3, -0.25) is 9.20 Å². The summed E-state index contributed by atoms with van der Waals surface area (Å²) in [5.41, 5.74) is 4.31. The topological polar surface area (TPSA) is 81.3 Å². The zero-order chi connectivity index (χ0) is 22.3. The number of carbonyl (C=O) groups is 1. The van der Waals surface area contributed by atoms with Crippen LogP contribution in [-0.4, -0.2) is 61.5 Å². The maximum absolute atomic E-state index is 13.2. The minimum absolute atomic E-state index is 0.0745. The molecule has 0 radical (unpaired) electrons. The van der Waals surface area contributed by atoms with Crippen LogP contribution in [-0.2, 0) is 5.91 Å². The van der Waals surface area contributed by atoms with Gasteiger partial charge in [-0.2, -0.15) is 0 Å². The van der Waals surface area contributed by atoms with E-state index in [0.29, 0.717) is 36.6 Å². The predicted molar refractivity (Wildman–Crippen MR) is 123 cm³/mol. The zero-order valence-corrected chi connectivity index (χ0v) is 18.5. The van der Waals surface area contributed by atoms with Crippen molar-refractivity contribution in [2.24, 2.45) is 0 Å². The maximum atomic E-state index is 13.2. The van der Waals surface area contributed by atoms with Crippen LogP contribution in [0.2, 0.25) is 0 Å². The Bertz CT molecular complexity index is 1240. The molecule has 1 fully saturated rings. The number of rotatable bonds is 4. The van der Waals surface area contributed by atoms with Gasteiger partial charge in [-0.25, -0.2) is 9.88 Å². The number of fused-ring (bicyclic) bond motifs is 1. The van der Waals surface area contributed by atoms with Gasteiger partial charge in [0.15, 0.2) is 0 Å². The van der Waals surface area contributed by atoms with E-state index in [2.05, 4.69) is 4.98 Å². The second-order valence-corrected chi connectivity index (χ2v) is 8.90. The number of nitrogens with zero attached hydrogens (tertiary/aromatic N) is 4. The second-order valence-electron chi connectivity index (χ2n) is 7.95. The molecule has 1 aliphatic rings. The number of hydrogen-bond acceptors (Lipinski definition) is 6. The lowest BCUT2D eigenvalue weighted by atomic mass is 10.1. The lowest BCUT2D eigenvalue weighted by Gasteiger charge is -2.40. The van der Waals surface area contributed by atoms with E-state index in [1.165, 1.54) is 11.3 Å². The Kier molecular flexibility index (Phi) is 5.30. The van der Waals surface area contributed by atoms with Crippen LogP contribution in [0.4, 0.5) is 0 Å². The molecule has 0 aliphatic carbocycles. The Morgan fingerprint density at radius 1 is 1.00 bits per heavy atom. The molecule has 3 aromatic heterocycles. The number of aromatic nitrogens is 2. The summed E-state index contributed by atoms with van der Waals surface area (Å²) in [6, 6.07) is 17.2. The Morgan fingerprint density at radius 3 is 2.44 bits per heavy atom. The van der Waals surface area contributed by atoms with Crippen molar-refractivity contribution >= 4 is 22.9 Å². The van der Waals surface area contributed by atoms with Gasteiger partial charge in [0.2, 0.25) is 0 Å². The largest absolute Gasteiger partial charge is 0.349 e. The monoisotopic (exact) mass is 448 g/mol. The molecule has 32 heavy (non-hydrogen) atoms. The van der Waals surface area contributed by atoms with E-state index in [-0.39, 0.29) is 5.91 Å². The second kappa shape index (κ2) is 8.14. The van der Waals surface area contributed by atoms with Gasteiger partial charge in [0.25, 0.3) is 11.8 Å². The minimum atomic E-state index is -2.01. The Labute approximate surface area is 189 Å². The molecule has 0 unspecified atom stereocenters. The first-order chi connectivity index (χ1) is 15.4. The summed E-state index contributed by atoms with van der Waals surface area (Å²) >= 11 is 1.30. The van der Waals surface area contributed by atoms with Crippen LogP contribution in [0.3, 0.4) is 0 Å². The molecule has 1 amide bonds. The number of carbonyl (C=O) groups excluding carboxylic acids is 1. The Morgan fingerprint density at radius 2 is 1.75 bits per heavy atom. The highest BCUT2D eigenvalue weighted by Crippen LogP contribution is 2.29. The molecule has 0 saturated carbocycles. The maximum Gasteiger partial charge on any atom is 0.263 e. The molecule has 7 nitrogen and oxygen atoms in total. The third-order valence-corrected chi connectivity index (χ3v) is 6.90. The fourth-order valence-corrected chi connectivity index (χ4v) is 5.01. The lowest BCUT2D eigenvalue weighted by Crippen LogP contribution is -2.56. The highest BCUT2D eigenvalue weighted by Gasteiger charge is 2.38. The van der Waals surface area contributed by atoms with Crippen molar-refractivity contribution in [3.8, 4) is 11.3 Å². The molecular weight excluding hydrogens is 424 g/mol. The number of pyridine rings is 1. The van der Waals surface area contributed by atoms with Crippen molar-refractivity contribution in [3.63, 3.8) is 0 Å². The smallest absolute Gasteiger partial charge is 0.263 e. The molecule has 0 atom stereocenters. The molecule has 0 bridgehead atoms. The average molecular weight is 449 g/mol. The molecule has 164 valence electrons. The van der Waals surface area contributed by atoms with Gasteiger partial charge in [-0.15, -0.1) is 11.3 Å². The molecule has 8 heteroatoms. The fourth-order valence-electron chi connectivity index (χ4n) is 4.26. The summed E-state index contributed by atoms with van der Waals surface area (Å²) in [7, 11) is 0. The minimum Gasteiger partial charge on any atom is -0.349 e. The summed E-state index contributed by atoms with van der Waals surface area (Å²) in [4.78, 5) is 21.7. The van der Waals surface area contributed by atoms with Gasteiger partial charge in [-0.1, -0.05) is 36.4 Å². The first kappa shape index (κ1) is 20.8. The molecule has 1 saturated heterocycles. The van der Waals surface area contributed by atoms with E-state index in [1.807, 2.05) is 59.3 Å². The van der Waals surface area contributed by atoms with E-state index in [1.54, 1.807) is 28.0 Å². The number of aliphatic hydroxyl groups is 2. The molecule has 1 aliphatic heterocycles. The predicted octanol–water partition coefficient (Wildman–Crippen LogP) is 2.92. The van der Waals surface area contributed by atoms with Crippen LogP contribution in [0.5, 0.6) is 0 Å². The van der Waals surface area contributed by atoms with Gasteiger partial charge >= 0.3 is 0 Å². The number of aryl methyl sites for hydroxylation is 1. The van der Waals surface area contributed by atoms with Gasteiger partial charge in [0.1, 0.15) is 5.65 Å². The van der Waals surface area contributed by atoms with Crippen molar-refractivity contribution in [2.45, 2.75) is 12.8 Å². The van der Waals surface area contributed by atoms with E-state index in [4.69, 9.17) is 0 Å². The molecule has 1 aromatic carbocycles. The average Bonchev–Trinajstić information content (AvgIpc) is 3.47. The summed E-state index contributed by atoms with van der Waals surface area (Å²) in [5.74, 6) is -2.09. The van der Waals surface area contributed by atoms with Crippen LogP contribution in [0.15, 0.2) is 66.2 Å². The molecular formula is C24H24N4O3S. The summed E-state index contributed by atoms with van der Waals surface area (Å²) < 4.78 is 1.97. The van der Waals surface area contributed by atoms with Crippen LogP contribution >= 0.6 is 11.3 Å². The van der Waals surface area contributed by atoms with Crippen LogP contribution < -0.4 is 0 Å². The van der Waals surface area contributed by atoms with E-state index in [9.17, 15) is 15.0 Å². The van der Waals surface area contributed by atoms with Crippen molar-refractivity contribution in [2.75, 3.05) is 26.2 Å². The van der Waals surface area contributed by atoms with Gasteiger partial charge in [0.05, 0.1) is 21.8 Å². The third kappa shape index (κ3) is 3.61. The van der Waals surface area contributed by atoms with Gasteiger partial charge in [-0.05, 0) is 30.5 Å². The van der Waals surface area contributed by atoms with Crippen LogP contribution in [0.25, 0.3) is 16.9 Å². The number of imidazole rings is 1. The number of thiophene rings is 1. The summed E-state index contributed by atoms with van der Waals surface area (Å²) in [6.07, 6.45) is 1.85. The van der Waals surface area contributed by atoms with Crippen molar-refractivity contribution < 1.29 is 15.0 Å². The normalized spacial score (nSPS) is 15.4. The number of amides is 1. The SMILES string of the molecule is Cc1nc2ccc(C(=O)N3CCN(C(O)(O)c4cccs4)CC3)cn2c1-c1ccccc1. The quantitative estimate of drug-likeness (QED) is 0.469. The van der Waals surface area contributed by atoms with E-state index in [0.717, 1.165) is 22.6 Å². The first-order valence-electron chi connectivity index (χ1n) is 10.5. The molecule has 2 N–H and O–H groups in total. The summed E-state index contributed by atoms with van der Waals surface area (Å²) in [6.45, 7) is 3.55. The number of piperazine rings is 1. The Hall–Kier alpha value is -3.04. The zero-order valence-electron chi connectivity index (χ0n) is 17.7. The molecule has 4 aromatic rings. The van der Waals surface area contributed by atoms with E-state index >= 15 is 0 Å². The van der Waals surface area contributed by atoms with Gasteiger partial charge in [0, 0.05) is 37.9 Å². The van der Waals surface area contributed by atoms with Crippen molar-refractivity contribution in [1.82, 2.24) is 19.2 Å². The van der Waals surface area contributed by atoms with Crippen molar-refractivity contribution in [3.05, 3.63) is 82.3 Å². The fraction of sp³-hybridized carbons (Fsp3) is 0.250. The molecule has 5 rings (SSSR count). The first-order valence-corrected chi connectivity index (χ1v) is 11.4.